The molecule has 3 rings (SSSR count). The maximum Gasteiger partial charge on any atom is 0.227 e. The minimum absolute atomic E-state index is 0.263. The van der Waals surface area contributed by atoms with Crippen LogP contribution in [0.5, 0.6) is 0 Å². The third-order valence-corrected chi connectivity index (χ3v) is 4.58. The summed E-state index contributed by atoms with van der Waals surface area (Å²) >= 11 is 0. The molecule has 0 radical (unpaired) electrons. The molecule has 0 aliphatic carbocycles. The van der Waals surface area contributed by atoms with Crippen LogP contribution >= 0.6 is 0 Å². The number of hydrogen-bond donors (Lipinski definition) is 1. The van der Waals surface area contributed by atoms with Crippen molar-refractivity contribution in [3.63, 3.8) is 0 Å². The SMILES string of the molecule is O=C(Cc1ccncc1)N1CCCC(C2CCCN2)C1. The van der Waals surface area contributed by atoms with Gasteiger partial charge in [-0.1, -0.05) is 0 Å². The van der Waals surface area contributed by atoms with Gasteiger partial charge in [0.1, 0.15) is 0 Å². The lowest BCUT2D eigenvalue weighted by molar-refractivity contribution is -0.132. The maximum atomic E-state index is 12.4. The topological polar surface area (TPSA) is 45.2 Å². The van der Waals surface area contributed by atoms with E-state index >= 15 is 0 Å². The van der Waals surface area contributed by atoms with Gasteiger partial charge in [0.2, 0.25) is 5.91 Å². The van der Waals surface area contributed by atoms with Crippen molar-refractivity contribution in [1.29, 1.82) is 0 Å². The summed E-state index contributed by atoms with van der Waals surface area (Å²) < 4.78 is 0. The van der Waals surface area contributed by atoms with Gasteiger partial charge in [-0.15, -0.1) is 0 Å². The van der Waals surface area contributed by atoms with Gasteiger partial charge in [0.05, 0.1) is 6.42 Å². The van der Waals surface area contributed by atoms with Crippen LogP contribution in [0.4, 0.5) is 0 Å². The molecule has 0 aromatic carbocycles. The number of nitrogens with one attached hydrogen (secondary N) is 1. The van der Waals surface area contributed by atoms with Crippen molar-refractivity contribution in [2.75, 3.05) is 19.6 Å². The normalized spacial score (nSPS) is 26.7. The molecular weight excluding hydrogens is 250 g/mol. The minimum atomic E-state index is 0.263. The highest BCUT2D eigenvalue weighted by molar-refractivity contribution is 5.78. The average Bonchev–Trinajstić information content (AvgIpc) is 3.03. The van der Waals surface area contributed by atoms with E-state index in [9.17, 15) is 4.79 Å². The molecule has 108 valence electrons. The third-order valence-electron chi connectivity index (χ3n) is 4.58. The number of likely N-dealkylation sites (tertiary alicyclic amines) is 1. The van der Waals surface area contributed by atoms with Crippen LogP contribution < -0.4 is 5.32 Å². The van der Waals surface area contributed by atoms with E-state index in [1.165, 1.54) is 19.3 Å². The number of carbonyl (C=O) groups excluding carboxylic acids is 1. The van der Waals surface area contributed by atoms with Crippen molar-refractivity contribution in [3.05, 3.63) is 30.1 Å². The van der Waals surface area contributed by atoms with Gasteiger partial charge < -0.3 is 10.2 Å². The lowest BCUT2D eigenvalue weighted by Gasteiger charge is -2.36. The summed E-state index contributed by atoms with van der Waals surface area (Å²) in [4.78, 5) is 18.5. The van der Waals surface area contributed by atoms with Crippen molar-refractivity contribution in [2.45, 2.75) is 38.1 Å². The van der Waals surface area contributed by atoms with Gasteiger partial charge in [-0.25, -0.2) is 0 Å². The van der Waals surface area contributed by atoms with Gasteiger partial charge in [-0.05, 0) is 55.8 Å². The van der Waals surface area contributed by atoms with Crippen LogP contribution in [0.15, 0.2) is 24.5 Å². The molecule has 2 fully saturated rings. The smallest absolute Gasteiger partial charge is 0.227 e. The standard InChI is InChI=1S/C16H23N3O/c20-16(11-13-5-8-17-9-6-13)19-10-2-3-14(12-19)15-4-1-7-18-15/h5-6,8-9,14-15,18H,1-4,7,10-12H2. The van der Waals surface area contributed by atoms with Gasteiger partial charge in [0.25, 0.3) is 0 Å². The van der Waals surface area contributed by atoms with E-state index in [2.05, 4.69) is 15.2 Å². The molecule has 2 aliphatic heterocycles. The third kappa shape index (κ3) is 3.18. The summed E-state index contributed by atoms with van der Waals surface area (Å²) in [6.45, 7) is 3.00. The number of aromatic nitrogens is 1. The monoisotopic (exact) mass is 273 g/mol. The number of nitrogens with zero attached hydrogens (tertiary/aromatic N) is 2. The van der Waals surface area contributed by atoms with Crippen molar-refractivity contribution >= 4 is 5.91 Å². The average molecular weight is 273 g/mol. The summed E-state index contributed by atoms with van der Waals surface area (Å²) in [5.41, 5.74) is 1.06. The first-order valence-electron chi connectivity index (χ1n) is 7.73. The second-order valence-corrected chi connectivity index (χ2v) is 5.98. The Hall–Kier alpha value is -1.42. The summed E-state index contributed by atoms with van der Waals surface area (Å²) in [5.74, 6) is 0.909. The Bertz CT molecular complexity index is 442. The van der Waals surface area contributed by atoms with E-state index in [-0.39, 0.29) is 5.91 Å². The molecule has 0 spiro atoms. The van der Waals surface area contributed by atoms with Gasteiger partial charge >= 0.3 is 0 Å². The van der Waals surface area contributed by atoms with Gasteiger partial charge in [-0.3, -0.25) is 9.78 Å². The zero-order chi connectivity index (χ0) is 13.8. The zero-order valence-corrected chi connectivity index (χ0v) is 11.9. The van der Waals surface area contributed by atoms with E-state index in [0.717, 1.165) is 31.6 Å². The van der Waals surface area contributed by atoms with Crippen LogP contribution in [-0.4, -0.2) is 41.5 Å². The van der Waals surface area contributed by atoms with E-state index < -0.39 is 0 Å². The molecule has 1 aromatic heterocycles. The molecular formula is C16H23N3O. The maximum absolute atomic E-state index is 12.4. The fourth-order valence-corrected chi connectivity index (χ4v) is 3.47. The van der Waals surface area contributed by atoms with Crippen molar-refractivity contribution in [1.82, 2.24) is 15.2 Å². The number of pyridine rings is 1. The highest BCUT2D eigenvalue weighted by atomic mass is 16.2. The quantitative estimate of drug-likeness (QED) is 0.910. The summed E-state index contributed by atoms with van der Waals surface area (Å²) in [5, 5.41) is 3.59. The highest BCUT2D eigenvalue weighted by Gasteiger charge is 2.30. The first-order valence-corrected chi connectivity index (χ1v) is 7.73. The van der Waals surface area contributed by atoms with Gasteiger partial charge in [0.15, 0.2) is 0 Å². The van der Waals surface area contributed by atoms with Gasteiger partial charge in [0, 0.05) is 31.5 Å². The molecule has 0 saturated carbocycles. The van der Waals surface area contributed by atoms with Crippen molar-refractivity contribution in [3.8, 4) is 0 Å². The molecule has 1 N–H and O–H groups in total. The number of piperidine rings is 1. The Kier molecular flexibility index (Phi) is 4.31. The first-order chi connectivity index (χ1) is 9.83. The summed E-state index contributed by atoms with van der Waals surface area (Å²) in [7, 11) is 0. The molecule has 2 saturated heterocycles. The molecule has 4 heteroatoms. The van der Waals surface area contributed by atoms with Crippen molar-refractivity contribution < 1.29 is 4.79 Å². The second kappa shape index (κ2) is 6.35. The Labute approximate surface area is 120 Å². The fourth-order valence-electron chi connectivity index (χ4n) is 3.47. The van der Waals surface area contributed by atoms with E-state index in [1.54, 1.807) is 12.4 Å². The van der Waals surface area contributed by atoms with Crippen molar-refractivity contribution in [2.24, 2.45) is 5.92 Å². The van der Waals surface area contributed by atoms with Crippen LogP contribution in [0.25, 0.3) is 0 Å². The highest BCUT2D eigenvalue weighted by Crippen LogP contribution is 2.25. The predicted octanol–water partition coefficient (Wildman–Crippen LogP) is 1.61. The molecule has 1 amide bonds. The lowest BCUT2D eigenvalue weighted by atomic mass is 9.89. The van der Waals surface area contributed by atoms with Crippen LogP contribution in [0.3, 0.4) is 0 Å². The lowest BCUT2D eigenvalue weighted by Crippen LogP contribution is -2.46. The van der Waals surface area contributed by atoms with Crippen LogP contribution in [0.2, 0.25) is 0 Å². The first kappa shape index (κ1) is 13.6. The van der Waals surface area contributed by atoms with E-state index in [0.29, 0.717) is 18.4 Å². The largest absolute Gasteiger partial charge is 0.342 e. The van der Waals surface area contributed by atoms with Crippen LogP contribution in [0.1, 0.15) is 31.2 Å². The predicted molar refractivity (Wildman–Crippen MR) is 78.3 cm³/mol. The second-order valence-electron chi connectivity index (χ2n) is 5.98. The minimum Gasteiger partial charge on any atom is -0.342 e. The number of hydrogen-bond acceptors (Lipinski definition) is 3. The Morgan fingerprint density at radius 3 is 2.90 bits per heavy atom. The molecule has 0 bridgehead atoms. The molecule has 20 heavy (non-hydrogen) atoms. The molecule has 2 unspecified atom stereocenters. The Balaban J connectivity index is 1.57. The summed E-state index contributed by atoms with van der Waals surface area (Å²) in [6.07, 6.45) is 8.98. The number of rotatable bonds is 3. The van der Waals surface area contributed by atoms with Crippen LogP contribution in [0, 0.1) is 5.92 Å². The molecule has 3 heterocycles. The number of carbonyl (C=O) groups is 1. The molecule has 1 aromatic rings. The van der Waals surface area contributed by atoms with Gasteiger partial charge in [-0.2, -0.15) is 0 Å². The van der Waals surface area contributed by atoms with E-state index in [1.807, 2.05) is 12.1 Å². The summed E-state index contributed by atoms with van der Waals surface area (Å²) in [6, 6.07) is 4.49. The Morgan fingerprint density at radius 2 is 2.15 bits per heavy atom. The van der Waals surface area contributed by atoms with E-state index in [4.69, 9.17) is 0 Å². The number of amides is 1. The molecule has 2 atom stereocenters. The molecule has 2 aliphatic rings. The Morgan fingerprint density at radius 1 is 1.30 bits per heavy atom. The fraction of sp³-hybridized carbons (Fsp3) is 0.625. The molecule has 4 nitrogen and oxygen atoms in total. The zero-order valence-electron chi connectivity index (χ0n) is 11.9. The van der Waals surface area contributed by atoms with Crippen LogP contribution in [-0.2, 0) is 11.2 Å².